The summed E-state index contributed by atoms with van der Waals surface area (Å²) in [6, 6.07) is 16.5. The molecule has 3 aromatic rings. The minimum Gasteiger partial charge on any atom is -0.373 e. The van der Waals surface area contributed by atoms with Crippen molar-refractivity contribution in [3.8, 4) is 0 Å². The molecular formula is C26H29N3O2. The lowest BCUT2D eigenvalue weighted by Gasteiger charge is -2.53. The van der Waals surface area contributed by atoms with Gasteiger partial charge in [0.1, 0.15) is 0 Å². The number of rotatable bonds is 3. The van der Waals surface area contributed by atoms with Crippen molar-refractivity contribution in [3.63, 3.8) is 0 Å². The number of fused-ring (bicyclic) bond motifs is 2. The molecule has 31 heavy (non-hydrogen) atoms. The van der Waals surface area contributed by atoms with E-state index in [-0.39, 0.29) is 28.9 Å². The molecule has 1 saturated heterocycles. The summed E-state index contributed by atoms with van der Waals surface area (Å²) in [5.41, 5.74) is 3.90. The van der Waals surface area contributed by atoms with Crippen LogP contribution in [0.1, 0.15) is 55.1 Å². The molecule has 5 heteroatoms. The first-order valence-corrected chi connectivity index (χ1v) is 11.4. The second-order valence-electron chi connectivity index (χ2n) is 10.3. The van der Waals surface area contributed by atoms with E-state index in [4.69, 9.17) is 4.74 Å². The van der Waals surface area contributed by atoms with Gasteiger partial charge in [0.25, 0.3) is 5.91 Å². The van der Waals surface area contributed by atoms with Gasteiger partial charge in [0.15, 0.2) is 0 Å². The SMILES string of the molecule is CC1(C)[C@@H]2C[C@@H]3[C@@H](c4ccccc4)OCC[C@]3(C2)[C@H]1NC(=O)c1ccc2nc[nH]c2c1. The summed E-state index contributed by atoms with van der Waals surface area (Å²) in [5.74, 6) is 1.06. The lowest BCUT2D eigenvalue weighted by atomic mass is 9.59. The highest BCUT2D eigenvalue weighted by Crippen LogP contribution is 2.70. The molecule has 6 rings (SSSR count). The Bertz CT molecular complexity index is 1140. The van der Waals surface area contributed by atoms with E-state index in [1.165, 1.54) is 18.4 Å². The van der Waals surface area contributed by atoms with Gasteiger partial charge in [-0.2, -0.15) is 0 Å². The van der Waals surface area contributed by atoms with Crippen LogP contribution in [0, 0.1) is 22.7 Å². The summed E-state index contributed by atoms with van der Waals surface area (Å²) in [4.78, 5) is 20.8. The first-order valence-electron chi connectivity index (χ1n) is 11.4. The molecule has 3 aliphatic rings. The number of aromatic nitrogens is 2. The van der Waals surface area contributed by atoms with E-state index >= 15 is 0 Å². The normalized spacial score (nSPS) is 33.4. The first-order chi connectivity index (χ1) is 15.0. The summed E-state index contributed by atoms with van der Waals surface area (Å²) in [7, 11) is 0. The van der Waals surface area contributed by atoms with Crippen LogP contribution in [0.4, 0.5) is 0 Å². The molecule has 2 N–H and O–H groups in total. The van der Waals surface area contributed by atoms with Crippen LogP contribution >= 0.6 is 0 Å². The lowest BCUT2D eigenvalue weighted by Crippen LogP contribution is -2.58. The predicted molar refractivity (Wildman–Crippen MR) is 120 cm³/mol. The van der Waals surface area contributed by atoms with Gasteiger partial charge in [0.05, 0.1) is 23.5 Å². The summed E-state index contributed by atoms with van der Waals surface area (Å²) >= 11 is 0. The van der Waals surface area contributed by atoms with Crippen molar-refractivity contribution >= 4 is 16.9 Å². The Morgan fingerprint density at radius 3 is 2.87 bits per heavy atom. The van der Waals surface area contributed by atoms with Gasteiger partial charge in [-0.3, -0.25) is 4.79 Å². The monoisotopic (exact) mass is 415 g/mol. The number of hydrogen-bond acceptors (Lipinski definition) is 3. The van der Waals surface area contributed by atoms with Crippen LogP contribution in [0.3, 0.4) is 0 Å². The average molecular weight is 416 g/mol. The van der Waals surface area contributed by atoms with Gasteiger partial charge < -0.3 is 15.0 Å². The van der Waals surface area contributed by atoms with Crippen LogP contribution in [-0.4, -0.2) is 28.5 Å². The highest BCUT2D eigenvalue weighted by atomic mass is 16.5. The third kappa shape index (κ3) is 2.72. The van der Waals surface area contributed by atoms with E-state index in [9.17, 15) is 4.79 Å². The first kappa shape index (κ1) is 19.1. The van der Waals surface area contributed by atoms with Gasteiger partial charge in [-0.1, -0.05) is 44.2 Å². The molecule has 1 aliphatic heterocycles. The van der Waals surface area contributed by atoms with Crippen molar-refractivity contribution in [1.29, 1.82) is 0 Å². The summed E-state index contributed by atoms with van der Waals surface area (Å²) in [5, 5.41) is 3.51. The van der Waals surface area contributed by atoms with Crippen molar-refractivity contribution in [2.45, 2.75) is 45.3 Å². The van der Waals surface area contributed by atoms with Crippen molar-refractivity contribution < 1.29 is 9.53 Å². The maximum atomic E-state index is 13.4. The lowest BCUT2D eigenvalue weighted by molar-refractivity contribution is -0.120. The number of benzene rings is 2. The van der Waals surface area contributed by atoms with Crippen LogP contribution < -0.4 is 5.32 Å². The fourth-order valence-corrected chi connectivity index (χ4v) is 7.05. The number of nitrogens with zero attached hydrogens (tertiary/aromatic N) is 1. The molecule has 0 unspecified atom stereocenters. The number of nitrogens with one attached hydrogen (secondary N) is 2. The molecular weight excluding hydrogens is 386 g/mol. The molecule has 5 nitrogen and oxygen atoms in total. The van der Waals surface area contributed by atoms with Gasteiger partial charge in [-0.25, -0.2) is 4.98 Å². The molecule has 1 spiro atoms. The third-order valence-electron chi connectivity index (χ3n) is 8.59. The average Bonchev–Trinajstić information content (AvgIpc) is 3.46. The van der Waals surface area contributed by atoms with E-state index in [0.717, 1.165) is 24.1 Å². The second kappa shape index (κ2) is 6.67. The number of hydrogen-bond donors (Lipinski definition) is 2. The van der Waals surface area contributed by atoms with E-state index in [0.29, 0.717) is 17.4 Å². The summed E-state index contributed by atoms with van der Waals surface area (Å²) < 4.78 is 6.35. The number of carbonyl (C=O) groups excluding carboxylic acids is 1. The van der Waals surface area contributed by atoms with Gasteiger partial charge in [0.2, 0.25) is 0 Å². The molecule has 2 aliphatic carbocycles. The summed E-state index contributed by atoms with van der Waals surface area (Å²) in [6.45, 7) is 5.45. The zero-order valence-electron chi connectivity index (χ0n) is 18.1. The van der Waals surface area contributed by atoms with Crippen molar-refractivity contribution in [1.82, 2.24) is 15.3 Å². The summed E-state index contributed by atoms with van der Waals surface area (Å²) in [6.07, 6.45) is 5.17. The van der Waals surface area contributed by atoms with Crippen LogP contribution in [-0.2, 0) is 4.74 Å². The molecule has 2 saturated carbocycles. The largest absolute Gasteiger partial charge is 0.373 e. The Morgan fingerprint density at radius 2 is 2.03 bits per heavy atom. The topological polar surface area (TPSA) is 67.0 Å². The van der Waals surface area contributed by atoms with E-state index in [1.807, 2.05) is 18.2 Å². The molecule has 1 amide bonds. The number of amides is 1. The van der Waals surface area contributed by atoms with Crippen LogP contribution in [0.5, 0.6) is 0 Å². The minimum absolute atomic E-state index is 0.0120. The highest BCUT2D eigenvalue weighted by Gasteiger charge is 2.68. The Labute approximate surface area is 182 Å². The minimum atomic E-state index is 0.0120. The van der Waals surface area contributed by atoms with Crippen molar-refractivity contribution in [2.24, 2.45) is 22.7 Å². The predicted octanol–water partition coefficient (Wildman–Crippen LogP) is 4.88. The van der Waals surface area contributed by atoms with Gasteiger partial charge in [-0.05, 0) is 65.7 Å². The molecule has 2 heterocycles. The highest BCUT2D eigenvalue weighted by molar-refractivity contribution is 5.97. The van der Waals surface area contributed by atoms with Gasteiger partial charge in [0, 0.05) is 18.2 Å². The second-order valence-corrected chi connectivity index (χ2v) is 10.3. The molecule has 5 atom stereocenters. The number of aromatic amines is 1. The zero-order chi connectivity index (χ0) is 21.2. The Balaban J connectivity index is 1.33. The Kier molecular flexibility index (Phi) is 4.10. The number of carbonyl (C=O) groups is 1. The van der Waals surface area contributed by atoms with Crippen molar-refractivity contribution in [3.05, 3.63) is 66.0 Å². The number of imidazole rings is 1. The Hall–Kier alpha value is -2.66. The van der Waals surface area contributed by atoms with Crippen LogP contribution in [0.15, 0.2) is 54.9 Å². The molecule has 1 aromatic heterocycles. The zero-order valence-corrected chi connectivity index (χ0v) is 18.1. The van der Waals surface area contributed by atoms with E-state index < -0.39 is 0 Å². The maximum Gasteiger partial charge on any atom is 0.251 e. The van der Waals surface area contributed by atoms with E-state index in [2.05, 4.69) is 59.5 Å². The smallest absolute Gasteiger partial charge is 0.251 e. The van der Waals surface area contributed by atoms with Crippen LogP contribution in [0.25, 0.3) is 11.0 Å². The van der Waals surface area contributed by atoms with E-state index in [1.54, 1.807) is 6.33 Å². The Morgan fingerprint density at radius 1 is 1.19 bits per heavy atom. The van der Waals surface area contributed by atoms with Gasteiger partial charge in [-0.15, -0.1) is 0 Å². The quantitative estimate of drug-likeness (QED) is 0.641. The standard InChI is InChI=1S/C26H29N3O2/c1-25(2)18-13-19-22(16-6-4-3-5-7-16)31-11-10-26(19,14-18)24(25)29-23(30)17-8-9-20-21(12-17)28-15-27-20/h3-9,12,15,18-19,22,24H,10-11,13-14H2,1-2H3,(H,27,28)(H,29,30)/t18-,19-,22-,24+,26-/m1/s1. The molecule has 0 radical (unpaired) electrons. The number of H-pyrrole nitrogens is 1. The van der Waals surface area contributed by atoms with Crippen LogP contribution in [0.2, 0.25) is 0 Å². The number of ether oxygens (including phenoxy) is 1. The fourth-order valence-electron chi connectivity index (χ4n) is 7.05. The maximum absolute atomic E-state index is 13.4. The molecule has 3 fully saturated rings. The third-order valence-corrected chi connectivity index (χ3v) is 8.59. The molecule has 2 bridgehead atoms. The van der Waals surface area contributed by atoms with Crippen molar-refractivity contribution in [2.75, 3.05) is 6.61 Å². The van der Waals surface area contributed by atoms with Gasteiger partial charge >= 0.3 is 0 Å². The molecule has 160 valence electrons. The fraction of sp³-hybridized carbons (Fsp3) is 0.462. The molecule has 2 aromatic carbocycles.